The molecule has 1 aromatic rings. The maximum Gasteiger partial charge on any atom is 0.407 e. The number of carbonyl (C=O) groups excluding carboxylic acids is 2. The number of halogens is 1. The van der Waals surface area contributed by atoms with E-state index >= 15 is 0 Å². The zero-order valence-electron chi connectivity index (χ0n) is 12.9. The number of rotatable bonds is 2. The molecule has 0 spiro atoms. The Kier molecular flexibility index (Phi) is 5.05. The van der Waals surface area contributed by atoms with Crippen LogP contribution in [0.4, 0.5) is 4.79 Å². The van der Waals surface area contributed by atoms with E-state index in [2.05, 4.69) is 26.2 Å². The number of pyridine rings is 1. The molecule has 0 radical (unpaired) electrons. The fourth-order valence-electron chi connectivity index (χ4n) is 2.22. The Morgan fingerprint density at radius 2 is 2.14 bits per heavy atom. The van der Waals surface area contributed by atoms with Gasteiger partial charge in [0, 0.05) is 19.3 Å². The van der Waals surface area contributed by atoms with Gasteiger partial charge >= 0.3 is 6.09 Å². The fraction of sp³-hybridized carbons (Fsp3) is 0.533. The molecule has 120 valence electrons. The summed E-state index contributed by atoms with van der Waals surface area (Å²) in [6, 6.07) is 3.38. The zero-order chi connectivity index (χ0) is 16.3. The minimum atomic E-state index is -0.526. The van der Waals surface area contributed by atoms with Gasteiger partial charge in [-0.15, -0.1) is 0 Å². The molecule has 1 fully saturated rings. The minimum Gasteiger partial charge on any atom is -0.444 e. The third kappa shape index (κ3) is 4.69. The number of ether oxygens (including phenoxy) is 1. The quantitative estimate of drug-likeness (QED) is 0.813. The zero-order valence-corrected chi connectivity index (χ0v) is 14.5. The van der Waals surface area contributed by atoms with Gasteiger partial charge < -0.3 is 15.0 Å². The van der Waals surface area contributed by atoms with Crippen molar-refractivity contribution in [1.82, 2.24) is 15.2 Å². The molecule has 0 aromatic carbocycles. The number of amides is 2. The van der Waals surface area contributed by atoms with Gasteiger partial charge in [-0.2, -0.15) is 0 Å². The highest BCUT2D eigenvalue weighted by molar-refractivity contribution is 9.10. The first-order valence-electron chi connectivity index (χ1n) is 7.15. The van der Waals surface area contributed by atoms with Crippen molar-refractivity contribution in [3.8, 4) is 0 Å². The molecule has 1 saturated heterocycles. The first-order chi connectivity index (χ1) is 10.2. The highest BCUT2D eigenvalue weighted by Crippen LogP contribution is 2.15. The molecule has 1 aliphatic rings. The molecule has 0 aliphatic carbocycles. The van der Waals surface area contributed by atoms with E-state index in [-0.39, 0.29) is 11.9 Å². The monoisotopic (exact) mass is 369 g/mol. The van der Waals surface area contributed by atoms with E-state index in [1.54, 1.807) is 23.2 Å². The summed E-state index contributed by atoms with van der Waals surface area (Å²) >= 11 is 3.24. The number of nitrogens with one attached hydrogen (secondary N) is 1. The third-order valence-corrected chi connectivity index (χ3v) is 3.64. The summed E-state index contributed by atoms with van der Waals surface area (Å²) in [5.74, 6) is -0.0755. The topological polar surface area (TPSA) is 71.5 Å². The van der Waals surface area contributed by atoms with Crippen molar-refractivity contribution < 1.29 is 14.3 Å². The van der Waals surface area contributed by atoms with Crippen LogP contribution in [0.25, 0.3) is 0 Å². The van der Waals surface area contributed by atoms with Gasteiger partial charge in [-0.05, 0) is 55.3 Å². The van der Waals surface area contributed by atoms with Crippen molar-refractivity contribution >= 4 is 27.9 Å². The van der Waals surface area contributed by atoms with Crippen LogP contribution in [0.3, 0.4) is 0 Å². The predicted octanol–water partition coefficient (Wildman–Crippen LogP) is 2.58. The lowest BCUT2D eigenvalue weighted by Crippen LogP contribution is -2.41. The number of carbonyl (C=O) groups is 2. The van der Waals surface area contributed by atoms with Crippen molar-refractivity contribution in [2.75, 3.05) is 13.1 Å². The Balaban J connectivity index is 1.88. The van der Waals surface area contributed by atoms with E-state index in [0.717, 1.165) is 6.42 Å². The van der Waals surface area contributed by atoms with Crippen molar-refractivity contribution in [3.63, 3.8) is 0 Å². The Bertz CT molecular complexity index is 554. The average Bonchev–Trinajstić information content (AvgIpc) is 2.85. The van der Waals surface area contributed by atoms with Crippen molar-refractivity contribution in [2.45, 2.75) is 38.8 Å². The molecule has 1 atom stereocenters. The molecule has 1 aromatic heterocycles. The average molecular weight is 370 g/mol. The van der Waals surface area contributed by atoms with Gasteiger partial charge in [0.1, 0.15) is 10.2 Å². The number of hydrogen-bond donors (Lipinski definition) is 1. The van der Waals surface area contributed by atoms with Gasteiger partial charge in [-0.25, -0.2) is 9.78 Å². The molecule has 2 heterocycles. The molecule has 6 nitrogen and oxygen atoms in total. The molecule has 2 amide bonds. The van der Waals surface area contributed by atoms with E-state index in [0.29, 0.717) is 23.3 Å². The van der Waals surface area contributed by atoms with Gasteiger partial charge in [-0.1, -0.05) is 0 Å². The van der Waals surface area contributed by atoms with Crippen LogP contribution in [0.15, 0.2) is 22.9 Å². The molecule has 0 bridgehead atoms. The van der Waals surface area contributed by atoms with Crippen molar-refractivity contribution in [1.29, 1.82) is 0 Å². The highest BCUT2D eigenvalue weighted by atomic mass is 79.9. The first-order valence-corrected chi connectivity index (χ1v) is 7.94. The lowest BCUT2D eigenvalue weighted by molar-refractivity contribution is 0.0502. The van der Waals surface area contributed by atoms with Gasteiger partial charge in [0.05, 0.1) is 11.6 Å². The molecule has 2 rings (SSSR count). The summed E-state index contributed by atoms with van der Waals surface area (Å²) < 4.78 is 5.91. The number of aromatic nitrogens is 1. The second-order valence-electron chi connectivity index (χ2n) is 6.25. The second kappa shape index (κ2) is 6.64. The third-order valence-electron chi connectivity index (χ3n) is 3.17. The van der Waals surface area contributed by atoms with Crippen LogP contribution in [-0.4, -0.2) is 46.6 Å². The molecule has 1 aliphatic heterocycles. The lowest BCUT2D eigenvalue weighted by Gasteiger charge is -2.22. The van der Waals surface area contributed by atoms with Crippen LogP contribution in [0.1, 0.15) is 37.6 Å². The summed E-state index contributed by atoms with van der Waals surface area (Å²) in [6.07, 6.45) is 1.81. The fourth-order valence-corrected chi connectivity index (χ4v) is 2.46. The van der Waals surface area contributed by atoms with Gasteiger partial charge in [0.25, 0.3) is 5.91 Å². The summed E-state index contributed by atoms with van der Waals surface area (Å²) in [5.41, 5.74) is 0.0162. The minimum absolute atomic E-state index is 0.0755. The van der Waals surface area contributed by atoms with Gasteiger partial charge in [0.2, 0.25) is 0 Å². The molecular weight excluding hydrogens is 350 g/mol. The Morgan fingerprint density at radius 1 is 1.41 bits per heavy atom. The highest BCUT2D eigenvalue weighted by Gasteiger charge is 2.29. The van der Waals surface area contributed by atoms with Crippen LogP contribution in [0, 0.1) is 0 Å². The number of hydrogen-bond acceptors (Lipinski definition) is 4. The summed E-state index contributed by atoms with van der Waals surface area (Å²) in [6.45, 7) is 6.54. The predicted molar refractivity (Wildman–Crippen MR) is 85.6 cm³/mol. The van der Waals surface area contributed by atoms with Gasteiger partial charge in [0.15, 0.2) is 0 Å². The smallest absolute Gasteiger partial charge is 0.407 e. The molecule has 7 heteroatoms. The standard InChI is InChI=1S/C15H20BrN3O3/c1-15(2,3)22-14(21)18-11-6-7-19(9-11)13(20)10-4-5-12(16)17-8-10/h4-5,8,11H,6-7,9H2,1-3H3,(H,18,21). The molecular formula is C15H20BrN3O3. The van der Waals surface area contributed by atoms with Crippen molar-refractivity contribution in [3.05, 3.63) is 28.5 Å². The van der Waals surface area contributed by atoms with E-state index in [9.17, 15) is 9.59 Å². The molecule has 1 unspecified atom stereocenters. The van der Waals surface area contributed by atoms with Crippen molar-refractivity contribution in [2.24, 2.45) is 0 Å². The summed E-state index contributed by atoms with van der Waals surface area (Å²) in [5, 5.41) is 2.80. The second-order valence-corrected chi connectivity index (χ2v) is 7.07. The molecule has 0 saturated carbocycles. The number of likely N-dealkylation sites (tertiary alicyclic amines) is 1. The maximum absolute atomic E-state index is 12.3. The van der Waals surface area contributed by atoms with Gasteiger partial charge in [-0.3, -0.25) is 4.79 Å². The van der Waals surface area contributed by atoms with E-state index in [4.69, 9.17) is 4.74 Å². The maximum atomic E-state index is 12.3. The Morgan fingerprint density at radius 3 is 2.73 bits per heavy atom. The number of nitrogens with zero attached hydrogens (tertiary/aromatic N) is 2. The first kappa shape index (κ1) is 16.7. The largest absolute Gasteiger partial charge is 0.444 e. The van der Waals surface area contributed by atoms with Crippen LogP contribution < -0.4 is 5.32 Å². The lowest BCUT2D eigenvalue weighted by atomic mass is 10.2. The Hall–Kier alpha value is -1.63. The van der Waals surface area contributed by atoms with Crippen LogP contribution in [0.5, 0.6) is 0 Å². The van der Waals surface area contributed by atoms with E-state index < -0.39 is 11.7 Å². The summed E-state index contributed by atoms with van der Waals surface area (Å²) in [4.78, 5) is 29.9. The Labute approximate surface area is 138 Å². The number of alkyl carbamates (subject to hydrolysis) is 1. The van der Waals surface area contributed by atoms with E-state index in [1.807, 2.05) is 20.8 Å². The molecule has 22 heavy (non-hydrogen) atoms. The van der Waals surface area contributed by atoms with E-state index in [1.165, 1.54) is 0 Å². The summed E-state index contributed by atoms with van der Waals surface area (Å²) in [7, 11) is 0. The SMILES string of the molecule is CC(C)(C)OC(=O)NC1CCN(C(=O)c2ccc(Br)nc2)C1. The van der Waals surface area contributed by atoms with Crippen LogP contribution in [0.2, 0.25) is 0 Å². The normalized spacial score (nSPS) is 18.2. The molecule has 1 N–H and O–H groups in total. The van der Waals surface area contributed by atoms with Crippen LogP contribution in [-0.2, 0) is 4.74 Å². The van der Waals surface area contributed by atoms with Crippen LogP contribution >= 0.6 is 15.9 Å².